The van der Waals surface area contributed by atoms with Crippen molar-refractivity contribution in [3.05, 3.63) is 198 Å². The first-order valence-corrected chi connectivity index (χ1v) is 21.3. The van der Waals surface area contributed by atoms with E-state index in [1.807, 2.05) is 123 Å². The smallest absolute Gasteiger partial charge is 0.309 e. The number of rotatable bonds is 6. The van der Waals surface area contributed by atoms with Crippen LogP contribution in [-0.2, 0) is 6.18 Å². The molecule has 310 valence electrons. The zero-order chi connectivity index (χ0) is 43.9. The van der Waals surface area contributed by atoms with Gasteiger partial charge in [-0.05, 0) is 93.9 Å². The molecule has 0 aliphatic heterocycles. The van der Waals surface area contributed by atoms with Gasteiger partial charge in [0.2, 0.25) is 0 Å². The third-order valence-corrected chi connectivity index (χ3v) is 12.2. The van der Waals surface area contributed by atoms with Crippen LogP contribution in [0.25, 0.3) is 100 Å². The van der Waals surface area contributed by atoms with Gasteiger partial charge in [-0.25, -0.2) is 15.0 Å². The van der Waals surface area contributed by atoms with E-state index >= 15 is 13.2 Å². The molecule has 0 radical (unpaired) electrons. The first-order valence-electron chi connectivity index (χ1n) is 21.3. The van der Waals surface area contributed by atoms with E-state index in [0.717, 1.165) is 66.0 Å². The number of fused-ring (bicyclic) bond motifs is 6. The van der Waals surface area contributed by atoms with Crippen molar-refractivity contribution in [3.63, 3.8) is 0 Å². The van der Waals surface area contributed by atoms with Crippen LogP contribution in [0.1, 0.15) is 27.8 Å². The molecule has 0 N–H and O–H groups in total. The Balaban J connectivity index is 1.24. The Kier molecular flexibility index (Phi) is 9.10. The molecule has 8 aromatic carbocycles. The van der Waals surface area contributed by atoms with Crippen LogP contribution >= 0.6 is 0 Å². The van der Waals surface area contributed by atoms with Crippen molar-refractivity contribution >= 4 is 43.6 Å². The van der Waals surface area contributed by atoms with Gasteiger partial charge < -0.3 is 9.13 Å². The van der Waals surface area contributed by atoms with Gasteiger partial charge in [0, 0.05) is 43.8 Å². The fourth-order valence-corrected chi connectivity index (χ4v) is 9.29. The van der Waals surface area contributed by atoms with Gasteiger partial charge >= 0.3 is 6.18 Å². The molecule has 5 nitrogen and oxygen atoms in total. The quantitative estimate of drug-likeness (QED) is 0.168. The van der Waals surface area contributed by atoms with Gasteiger partial charge in [-0.2, -0.15) is 13.2 Å². The third kappa shape index (κ3) is 6.52. The molecule has 11 rings (SSSR count). The van der Waals surface area contributed by atoms with Crippen molar-refractivity contribution in [2.75, 3.05) is 0 Å². The van der Waals surface area contributed by atoms with E-state index in [0.29, 0.717) is 45.3 Å². The van der Waals surface area contributed by atoms with E-state index in [-0.39, 0.29) is 11.3 Å². The normalized spacial score (nSPS) is 12.0. The van der Waals surface area contributed by atoms with Gasteiger partial charge in [0.25, 0.3) is 0 Å². The second kappa shape index (κ2) is 14.9. The minimum absolute atomic E-state index is 0.0543. The molecule has 0 spiro atoms. The second-order valence-corrected chi connectivity index (χ2v) is 16.7. The summed E-state index contributed by atoms with van der Waals surface area (Å²) < 4.78 is 52.7. The molecule has 0 aliphatic carbocycles. The van der Waals surface area contributed by atoms with Crippen LogP contribution < -0.4 is 0 Å². The predicted octanol–water partition coefficient (Wildman–Crippen LogP) is 15.0. The maximum absolute atomic E-state index is 16.3. The SMILES string of the molecule is Cc1ccc2c(c1)c1cc(C)ccc1n2-c1cc(-c2nc(-c3ccccc3)nc(-c3ccccc3)n2)ccc1-c1cccc(-n2c3ccc(C)cc3c3cc(C)ccc32)c1C(F)(F)F. The summed E-state index contributed by atoms with van der Waals surface area (Å²) in [6.07, 6.45) is -4.75. The molecule has 0 amide bonds. The fourth-order valence-electron chi connectivity index (χ4n) is 9.29. The number of aromatic nitrogens is 5. The van der Waals surface area contributed by atoms with Crippen molar-refractivity contribution in [3.8, 4) is 56.7 Å². The summed E-state index contributed by atoms with van der Waals surface area (Å²) in [4.78, 5) is 15.0. The standard InChI is InChI=1S/C56H40F3N5/c1-33-18-24-46-42(28-33)43-29-34(2)19-25-47(43)63(46)50-17-11-16-41(52(50)56(57,58)59)40-23-22-39(32-51(40)64-48-26-20-35(3)30-44(48)45-31-36(4)21-27-49(45)64)55-61-53(37-12-7-5-8-13-37)60-54(62-55)38-14-9-6-10-15-38/h5-32H,1-4H3. The summed E-state index contributed by atoms with van der Waals surface area (Å²) >= 11 is 0. The van der Waals surface area contributed by atoms with Gasteiger partial charge in [0.15, 0.2) is 17.5 Å². The van der Waals surface area contributed by atoms with E-state index in [1.165, 1.54) is 0 Å². The number of hydrogen-bond acceptors (Lipinski definition) is 3. The Bertz CT molecular complexity index is 3460. The largest absolute Gasteiger partial charge is 0.419 e. The number of nitrogens with zero attached hydrogens (tertiary/aromatic N) is 5. The average molecular weight is 840 g/mol. The number of hydrogen-bond donors (Lipinski definition) is 0. The molecular weight excluding hydrogens is 800 g/mol. The first kappa shape index (κ1) is 39.0. The molecule has 3 aromatic heterocycles. The molecule has 8 heteroatoms. The molecule has 0 fully saturated rings. The minimum atomic E-state index is -4.75. The lowest BCUT2D eigenvalue weighted by molar-refractivity contribution is -0.136. The highest BCUT2D eigenvalue weighted by molar-refractivity contribution is 6.11. The van der Waals surface area contributed by atoms with Crippen LogP contribution in [-0.4, -0.2) is 24.1 Å². The Labute approximate surface area is 367 Å². The van der Waals surface area contributed by atoms with Gasteiger partial charge in [-0.1, -0.05) is 131 Å². The summed E-state index contributed by atoms with van der Waals surface area (Å²) in [5.74, 6) is 1.37. The number of aryl methyl sites for hydroxylation is 4. The van der Waals surface area contributed by atoms with E-state index in [1.54, 1.807) is 28.8 Å². The molecule has 64 heavy (non-hydrogen) atoms. The van der Waals surface area contributed by atoms with Crippen molar-refractivity contribution in [2.24, 2.45) is 0 Å². The first-order chi connectivity index (χ1) is 31.0. The third-order valence-electron chi connectivity index (χ3n) is 12.2. The highest BCUT2D eigenvalue weighted by atomic mass is 19.4. The number of benzene rings is 8. The van der Waals surface area contributed by atoms with Crippen LogP contribution in [0.15, 0.2) is 170 Å². The maximum atomic E-state index is 16.3. The lowest BCUT2D eigenvalue weighted by Crippen LogP contribution is -2.13. The van der Waals surface area contributed by atoms with Crippen LogP contribution in [0.4, 0.5) is 13.2 Å². The number of halogens is 3. The fraction of sp³-hybridized carbons (Fsp3) is 0.0893. The van der Waals surface area contributed by atoms with Crippen LogP contribution in [0, 0.1) is 27.7 Å². The average Bonchev–Trinajstić information content (AvgIpc) is 3.79. The topological polar surface area (TPSA) is 48.5 Å². The van der Waals surface area contributed by atoms with E-state index in [9.17, 15) is 0 Å². The van der Waals surface area contributed by atoms with Crippen molar-refractivity contribution in [1.82, 2.24) is 24.1 Å². The molecule has 0 saturated carbocycles. The maximum Gasteiger partial charge on any atom is 0.419 e. The summed E-state index contributed by atoms with van der Waals surface area (Å²) in [6.45, 7) is 8.12. The molecule has 0 saturated heterocycles. The summed E-state index contributed by atoms with van der Waals surface area (Å²) in [5.41, 5.74) is 9.98. The van der Waals surface area contributed by atoms with Crippen molar-refractivity contribution in [2.45, 2.75) is 33.9 Å². The zero-order valence-electron chi connectivity index (χ0n) is 35.5. The molecule has 3 heterocycles. The van der Waals surface area contributed by atoms with Crippen LogP contribution in [0.2, 0.25) is 0 Å². The molecule has 0 aliphatic rings. The van der Waals surface area contributed by atoms with Crippen LogP contribution in [0.3, 0.4) is 0 Å². The molecule has 0 bridgehead atoms. The van der Waals surface area contributed by atoms with E-state index in [4.69, 9.17) is 15.0 Å². The Morgan fingerprint density at radius 2 is 0.766 bits per heavy atom. The van der Waals surface area contributed by atoms with Crippen LogP contribution in [0.5, 0.6) is 0 Å². The Morgan fingerprint density at radius 3 is 1.19 bits per heavy atom. The lowest BCUT2D eigenvalue weighted by Gasteiger charge is -2.22. The van der Waals surface area contributed by atoms with E-state index in [2.05, 4.69) is 54.8 Å². The molecular formula is C56H40F3N5. The summed E-state index contributed by atoms with van der Waals surface area (Å²) in [7, 11) is 0. The van der Waals surface area contributed by atoms with Gasteiger partial charge in [-0.3, -0.25) is 0 Å². The summed E-state index contributed by atoms with van der Waals surface area (Å²) in [6, 6.07) is 54.3. The van der Waals surface area contributed by atoms with E-state index < -0.39 is 11.7 Å². The Morgan fingerprint density at radius 1 is 0.359 bits per heavy atom. The Hall–Kier alpha value is -7.84. The zero-order valence-corrected chi connectivity index (χ0v) is 35.5. The second-order valence-electron chi connectivity index (χ2n) is 16.7. The van der Waals surface area contributed by atoms with Gasteiger partial charge in [0.1, 0.15) is 0 Å². The molecule has 0 unspecified atom stereocenters. The van der Waals surface area contributed by atoms with Gasteiger partial charge in [0.05, 0.1) is 39.0 Å². The van der Waals surface area contributed by atoms with Crippen molar-refractivity contribution in [1.29, 1.82) is 0 Å². The highest BCUT2D eigenvalue weighted by Gasteiger charge is 2.38. The highest BCUT2D eigenvalue weighted by Crippen LogP contribution is 2.47. The predicted molar refractivity (Wildman–Crippen MR) is 254 cm³/mol. The molecule has 11 aromatic rings. The monoisotopic (exact) mass is 839 g/mol. The summed E-state index contributed by atoms with van der Waals surface area (Å²) in [5, 5.41) is 3.82. The lowest BCUT2D eigenvalue weighted by atomic mass is 9.94. The van der Waals surface area contributed by atoms with Crippen molar-refractivity contribution < 1.29 is 13.2 Å². The van der Waals surface area contributed by atoms with Gasteiger partial charge in [-0.15, -0.1) is 0 Å². The number of alkyl halides is 3. The molecule has 0 atom stereocenters. The minimum Gasteiger partial charge on any atom is -0.309 e.